The van der Waals surface area contributed by atoms with E-state index >= 15 is 0 Å². The van der Waals surface area contributed by atoms with E-state index in [1.165, 1.54) is 27.7 Å². The van der Waals surface area contributed by atoms with Crippen molar-refractivity contribution in [1.82, 2.24) is 0 Å². The molecule has 6 atom stereocenters. The van der Waals surface area contributed by atoms with Crippen LogP contribution in [0.2, 0.25) is 0 Å². The number of aliphatic hydroxyl groups is 4. The van der Waals surface area contributed by atoms with E-state index in [0.717, 1.165) is 0 Å². The number of hydrogen-bond donors (Lipinski definition) is 4. The van der Waals surface area contributed by atoms with E-state index in [1.807, 2.05) is 0 Å². The maximum atomic E-state index is 12.5. The van der Waals surface area contributed by atoms with Crippen molar-refractivity contribution in [3.63, 3.8) is 0 Å². The van der Waals surface area contributed by atoms with Crippen LogP contribution in [-0.4, -0.2) is 108 Å². The highest BCUT2D eigenvalue weighted by Crippen LogP contribution is 2.49. The lowest BCUT2D eigenvalue weighted by molar-refractivity contribution is -0.239. The summed E-state index contributed by atoms with van der Waals surface area (Å²) < 4.78 is 54.9. The lowest BCUT2D eigenvalue weighted by atomic mass is 9.84. The van der Waals surface area contributed by atoms with Crippen LogP contribution in [0.25, 0.3) is 0 Å². The van der Waals surface area contributed by atoms with Gasteiger partial charge in [0.2, 0.25) is 0 Å². The molecule has 0 aromatic rings. The molecule has 0 saturated heterocycles. The Morgan fingerprint density at radius 2 is 0.882 bits per heavy atom. The molecule has 1 aliphatic rings. The second kappa shape index (κ2) is 14.0. The summed E-state index contributed by atoms with van der Waals surface area (Å²) >= 11 is 0. The Labute approximate surface area is 197 Å². The van der Waals surface area contributed by atoms with E-state index < -0.39 is 76.1 Å². The summed E-state index contributed by atoms with van der Waals surface area (Å²) in [6, 6.07) is 0. The van der Waals surface area contributed by atoms with Crippen LogP contribution < -0.4 is 0 Å². The summed E-state index contributed by atoms with van der Waals surface area (Å²) in [5.74, 6) is -2.42. The van der Waals surface area contributed by atoms with Gasteiger partial charge in [0.25, 0.3) is 0 Å². The lowest BCUT2D eigenvalue weighted by Gasteiger charge is -2.42. The zero-order valence-electron chi connectivity index (χ0n) is 19.5. The van der Waals surface area contributed by atoms with Gasteiger partial charge in [0.05, 0.1) is 26.4 Å². The largest absolute Gasteiger partial charge is 0.456 e. The fourth-order valence-corrected chi connectivity index (χ4v) is 6.07. The van der Waals surface area contributed by atoms with E-state index in [0.29, 0.717) is 0 Å². The van der Waals surface area contributed by atoms with E-state index in [1.54, 1.807) is 0 Å². The zero-order valence-corrected chi connectivity index (χ0v) is 21.3. The van der Waals surface area contributed by atoms with Gasteiger partial charge in [0, 0.05) is 0 Å². The molecular weight excluding hydrogens is 502 g/mol. The molecule has 200 valence electrons. The average Bonchev–Trinajstić information content (AvgIpc) is 2.73. The molecular formula is C18H34O14P2. The van der Waals surface area contributed by atoms with Crippen molar-refractivity contribution in [3.8, 4) is 0 Å². The van der Waals surface area contributed by atoms with Gasteiger partial charge in [-0.25, -0.2) is 0 Å². The van der Waals surface area contributed by atoms with Gasteiger partial charge >= 0.3 is 27.1 Å². The molecule has 2 unspecified atom stereocenters. The van der Waals surface area contributed by atoms with Gasteiger partial charge in [-0.2, -0.15) is 0 Å². The number of esters is 2. The third-order valence-corrected chi connectivity index (χ3v) is 8.43. The van der Waals surface area contributed by atoms with Gasteiger partial charge in [-0.3, -0.25) is 18.7 Å². The van der Waals surface area contributed by atoms with Crippen molar-refractivity contribution < 1.29 is 66.7 Å². The first kappa shape index (κ1) is 31.1. The summed E-state index contributed by atoms with van der Waals surface area (Å²) in [7, 11) is -7.76. The molecule has 34 heavy (non-hydrogen) atoms. The molecule has 16 heteroatoms. The van der Waals surface area contributed by atoms with Crippen molar-refractivity contribution in [3.05, 3.63) is 0 Å². The van der Waals surface area contributed by atoms with Gasteiger partial charge in [0.15, 0.2) is 12.2 Å². The Kier molecular flexibility index (Phi) is 12.8. The van der Waals surface area contributed by atoms with Crippen molar-refractivity contribution in [2.45, 2.75) is 64.3 Å². The number of ether oxygens (including phenoxy) is 2. The van der Waals surface area contributed by atoms with Crippen molar-refractivity contribution in [2.24, 2.45) is 0 Å². The van der Waals surface area contributed by atoms with Gasteiger partial charge in [0.1, 0.15) is 36.7 Å². The molecule has 14 nitrogen and oxygen atoms in total. The first-order valence-electron chi connectivity index (χ1n) is 10.7. The molecule has 0 heterocycles. The normalized spacial score (nSPS) is 27.9. The van der Waals surface area contributed by atoms with Crippen LogP contribution >= 0.6 is 15.2 Å². The minimum Gasteiger partial charge on any atom is -0.456 e. The Bertz CT molecular complexity index is 681. The van der Waals surface area contributed by atoms with E-state index in [-0.39, 0.29) is 26.4 Å². The molecule has 1 rings (SSSR count). The number of carbonyl (C=O) groups excluding carboxylic acids is 2. The van der Waals surface area contributed by atoms with Crippen LogP contribution in [0.4, 0.5) is 0 Å². The molecule has 1 aliphatic carbocycles. The smallest absolute Gasteiger partial charge is 0.341 e. The molecule has 0 amide bonds. The quantitative estimate of drug-likeness (QED) is 0.168. The molecule has 0 aliphatic heterocycles. The van der Waals surface area contributed by atoms with Crippen LogP contribution in [-0.2, 0) is 46.3 Å². The summed E-state index contributed by atoms with van der Waals surface area (Å²) in [6.07, 6.45) is -13.5. The van der Waals surface area contributed by atoms with Crippen molar-refractivity contribution in [2.75, 3.05) is 38.8 Å². The summed E-state index contributed by atoms with van der Waals surface area (Å²) in [6.45, 7) is 5.98. The molecule has 0 radical (unpaired) electrons. The Morgan fingerprint density at radius 3 is 1.15 bits per heavy atom. The minimum absolute atomic E-state index is 0.0322. The lowest BCUT2D eigenvalue weighted by Crippen LogP contribution is -2.65. The molecule has 0 aromatic heterocycles. The first-order valence-corrected chi connectivity index (χ1v) is 14.2. The molecule has 0 bridgehead atoms. The maximum Gasteiger partial charge on any atom is 0.341 e. The number of hydrogen-bond acceptors (Lipinski definition) is 14. The third-order valence-electron chi connectivity index (χ3n) is 4.53. The summed E-state index contributed by atoms with van der Waals surface area (Å²) in [5.41, 5.74) is 0. The van der Waals surface area contributed by atoms with Gasteiger partial charge in [-0.05, 0) is 27.7 Å². The third kappa shape index (κ3) is 8.63. The van der Waals surface area contributed by atoms with Crippen LogP contribution in [0, 0.1) is 0 Å². The second-order valence-electron chi connectivity index (χ2n) is 7.08. The number of rotatable bonds is 14. The van der Waals surface area contributed by atoms with Gasteiger partial charge < -0.3 is 48.0 Å². The monoisotopic (exact) mass is 536 g/mol. The van der Waals surface area contributed by atoms with Crippen LogP contribution in [0.5, 0.6) is 0 Å². The predicted octanol–water partition coefficient (Wildman–Crippen LogP) is -0.201. The van der Waals surface area contributed by atoms with Crippen molar-refractivity contribution in [1.29, 1.82) is 0 Å². The molecule has 1 fully saturated rings. The molecule has 1 saturated carbocycles. The maximum absolute atomic E-state index is 12.5. The topological polar surface area (TPSA) is 205 Å². The SMILES string of the molecule is CCOP(=O)(CC(=O)O[C@@H]1C(O)[C@H](OC(=O)CP(=O)(OCC)OCC)[C@H](O)C(O)[C@H]1O)OCC. The summed E-state index contributed by atoms with van der Waals surface area (Å²) in [4.78, 5) is 24.6. The van der Waals surface area contributed by atoms with Crippen LogP contribution in [0.1, 0.15) is 27.7 Å². The molecule has 0 aromatic carbocycles. The molecule has 4 N–H and O–H groups in total. The van der Waals surface area contributed by atoms with Crippen molar-refractivity contribution >= 4 is 27.1 Å². The predicted molar refractivity (Wildman–Crippen MR) is 115 cm³/mol. The second-order valence-corrected chi connectivity index (χ2v) is 11.2. The van der Waals surface area contributed by atoms with Gasteiger partial charge in [-0.1, -0.05) is 0 Å². The number of carbonyl (C=O) groups is 2. The Hall–Kier alpha value is -0.920. The highest BCUT2D eigenvalue weighted by atomic mass is 31.2. The standard InChI is InChI=1S/C18H34O14P2/c1-5-27-33(25,28-6-2)9-11(19)31-17-14(22)13(21)15(23)18(16(17)24)32-12(20)10-34(26,29-7-3)30-8-4/h13-18,21-24H,5-10H2,1-4H3/t13?,14-,15-,16?,17-,18+/m1/s1. The minimum atomic E-state index is -3.88. The Balaban J connectivity index is 2.97. The highest BCUT2D eigenvalue weighted by molar-refractivity contribution is 7.55. The average molecular weight is 536 g/mol. The van der Waals surface area contributed by atoms with Crippen LogP contribution in [0.15, 0.2) is 0 Å². The fourth-order valence-electron chi connectivity index (χ4n) is 3.20. The van der Waals surface area contributed by atoms with E-state index in [9.17, 15) is 39.1 Å². The number of aliphatic hydroxyl groups excluding tert-OH is 4. The zero-order chi connectivity index (χ0) is 26.1. The summed E-state index contributed by atoms with van der Waals surface area (Å²) in [5, 5.41) is 41.1. The first-order chi connectivity index (χ1) is 15.9. The Morgan fingerprint density at radius 1 is 0.588 bits per heavy atom. The van der Waals surface area contributed by atoms with E-state index in [4.69, 9.17) is 27.6 Å². The van der Waals surface area contributed by atoms with Crippen LogP contribution in [0.3, 0.4) is 0 Å². The highest BCUT2D eigenvalue weighted by Gasteiger charge is 2.53. The molecule has 0 spiro atoms. The van der Waals surface area contributed by atoms with Gasteiger partial charge in [-0.15, -0.1) is 0 Å². The fraction of sp³-hybridized carbons (Fsp3) is 0.889. The van der Waals surface area contributed by atoms with E-state index in [2.05, 4.69) is 0 Å².